The molecule has 0 saturated carbocycles. The first-order chi connectivity index (χ1) is 20.7. The number of nitrogens with zero attached hydrogens (tertiary/aromatic N) is 6. The number of aryl methyl sites for hydroxylation is 2. The van der Waals surface area contributed by atoms with Crippen LogP contribution in [0.2, 0.25) is 10.3 Å². The van der Waals surface area contributed by atoms with Crippen LogP contribution in [0.4, 0.5) is 0 Å². The van der Waals surface area contributed by atoms with E-state index in [0.717, 1.165) is 55.4 Å². The highest BCUT2D eigenvalue weighted by molar-refractivity contribution is 6.29. The van der Waals surface area contributed by atoms with Crippen LogP contribution in [0.3, 0.4) is 0 Å². The maximum absolute atomic E-state index is 6.12. The van der Waals surface area contributed by atoms with Crippen molar-refractivity contribution in [2.24, 2.45) is 0 Å². The lowest BCUT2D eigenvalue weighted by atomic mass is 10.1. The maximum atomic E-state index is 6.12. The number of para-hydroxylation sites is 2. The molecule has 0 amide bonds. The number of hydrogen-bond acceptors (Lipinski definition) is 4. The molecule has 0 aliphatic carbocycles. The molecule has 0 N–H and O–H groups in total. The minimum atomic E-state index is 0.457. The van der Waals surface area contributed by atoms with Crippen molar-refractivity contribution in [3.8, 4) is 22.5 Å². The SMILES string of the molecule is Clc1ccc(-c2nccc3c4ccccc4n(CCn4c5ccccc5c5ccnc(-c6ccc(Cl)nc6)c54)c23)cn1. The molecule has 0 bridgehead atoms. The lowest BCUT2D eigenvalue weighted by Gasteiger charge is -2.14. The van der Waals surface area contributed by atoms with Crippen molar-refractivity contribution in [3.63, 3.8) is 0 Å². The van der Waals surface area contributed by atoms with Crippen LogP contribution in [0.25, 0.3) is 66.1 Å². The van der Waals surface area contributed by atoms with Crippen molar-refractivity contribution in [1.82, 2.24) is 29.1 Å². The van der Waals surface area contributed by atoms with Gasteiger partial charge in [-0.3, -0.25) is 9.97 Å². The molecule has 0 radical (unpaired) electrons. The molecule has 0 fully saturated rings. The predicted octanol–water partition coefficient (Wildman–Crippen LogP) is 8.82. The summed E-state index contributed by atoms with van der Waals surface area (Å²) in [6.07, 6.45) is 7.32. The molecule has 0 spiro atoms. The number of hydrogen-bond donors (Lipinski definition) is 0. The Balaban J connectivity index is 1.34. The topological polar surface area (TPSA) is 61.4 Å². The molecule has 0 atom stereocenters. The summed E-state index contributed by atoms with van der Waals surface area (Å²) < 4.78 is 4.75. The van der Waals surface area contributed by atoms with E-state index in [1.165, 1.54) is 10.8 Å². The summed E-state index contributed by atoms with van der Waals surface area (Å²) >= 11 is 12.2. The zero-order chi connectivity index (χ0) is 28.2. The van der Waals surface area contributed by atoms with Crippen molar-refractivity contribution in [2.75, 3.05) is 0 Å². The second kappa shape index (κ2) is 9.94. The van der Waals surface area contributed by atoms with Gasteiger partial charge in [0, 0.05) is 81.6 Å². The van der Waals surface area contributed by atoms with E-state index >= 15 is 0 Å². The van der Waals surface area contributed by atoms with Gasteiger partial charge in [-0.25, -0.2) is 9.97 Å². The lowest BCUT2D eigenvalue weighted by molar-refractivity contribution is 0.631. The van der Waals surface area contributed by atoms with E-state index in [9.17, 15) is 0 Å². The molecule has 202 valence electrons. The number of halogens is 2. The van der Waals surface area contributed by atoms with E-state index in [2.05, 4.69) is 79.8 Å². The van der Waals surface area contributed by atoms with Crippen LogP contribution in [0.5, 0.6) is 0 Å². The normalized spacial score (nSPS) is 11.8. The van der Waals surface area contributed by atoms with Gasteiger partial charge in [0.2, 0.25) is 0 Å². The van der Waals surface area contributed by atoms with Crippen LogP contribution < -0.4 is 0 Å². The number of benzene rings is 2. The smallest absolute Gasteiger partial charge is 0.129 e. The fraction of sp³-hybridized carbons (Fsp3) is 0.0588. The summed E-state index contributed by atoms with van der Waals surface area (Å²) in [5.41, 5.74) is 8.07. The number of fused-ring (bicyclic) bond motifs is 6. The van der Waals surface area contributed by atoms with Crippen LogP contribution in [0.1, 0.15) is 0 Å². The van der Waals surface area contributed by atoms with Crippen LogP contribution in [-0.4, -0.2) is 29.1 Å². The Kier molecular flexibility index (Phi) is 5.91. The molecule has 2 aromatic carbocycles. The molecule has 8 heteroatoms. The van der Waals surface area contributed by atoms with Crippen molar-refractivity contribution in [2.45, 2.75) is 13.1 Å². The Labute approximate surface area is 250 Å². The van der Waals surface area contributed by atoms with Gasteiger partial charge >= 0.3 is 0 Å². The molecular weight excluding hydrogens is 563 g/mol. The molecule has 0 aliphatic rings. The van der Waals surface area contributed by atoms with E-state index in [0.29, 0.717) is 23.4 Å². The van der Waals surface area contributed by atoms with Gasteiger partial charge in [-0.15, -0.1) is 0 Å². The van der Waals surface area contributed by atoms with Crippen molar-refractivity contribution >= 4 is 66.8 Å². The first-order valence-corrected chi connectivity index (χ1v) is 14.4. The van der Waals surface area contributed by atoms with E-state index in [1.54, 1.807) is 12.4 Å². The van der Waals surface area contributed by atoms with Crippen LogP contribution >= 0.6 is 23.2 Å². The first-order valence-electron chi connectivity index (χ1n) is 13.6. The predicted molar refractivity (Wildman–Crippen MR) is 171 cm³/mol. The standard InChI is InChI=1S/C34H22Cl2N6/c35-29-11-9-21(19-39-29)31-33-25(13-15-37-31)23-5-1-3-7-27(23)41(33)17-18-42-28-8-4-2-6-24(28)26-14-16-38-32(34(26)42)22-10-12-30(36)40-20-22/h1-16,19-20H,17-18H2. The van der Waals surface area contributed by atoms with Crippen molar-refractivity contribution in [1.29, 1.82) is 0 Å². The monoisotopic (exact) mass is 584 g/mol. The van der Waals surface area contributed by atoms with Gasteiger partial charge in [0.1, 0.15) is 10.3 Å². The summed E-state index contributed by atoms with van der Waals surface area (Å²) in [5.74, 6) is 0. The highest BCUT2D eigenvalue weighted by atomic mass is 35.5. The number of aromatic nitrogens is 6. The molecule has 8 aromatic rings. The molecule has 8 rings (SSSR count). The van der Waals surface area contributed by atoms with E-state index in [1.807, 2.05) is 36.7 Å². The molecule has 0 saturated heterocycles. The Bertz CT molecular complexity index is 2100. The fourth-order valence-corrected chi connectivity index (χ4v) is 6.35. The van der Waals surface area contributed by atoms with Gasteiger partial charge in [0.05, 0.1) is 22.4 Å². The molecule has 6 heterocycles. The average molecular weight is 585 g/mol. The highest BCUT2D eigenvalue weighted by Crippen LogP contribution is 2.37. The Morgan fingerprint density at radius 1 is 0.476 bits per heavy atom. The second-order valence-electron chi connectivity index (χ2n) is 10.2. The summed E-state index contributed by atoms with van der Waals surface area (Å²) in [7, 11) is 0. The minimum absolute atomic E-state index is 0.457. The van der Waals surface area contributed by atoms with Gasteiger partial charge < -0.3 is 9.13 Å². The zero-order valence-corrected chi connectivity index (χ0v) is 23.8. The van der Waals surface area contributed by atoms with Crippen LogP contribution in [0.15, 0.2) is 110 Å². The molecule has 0 unspecified atom stereocenters. The Hall–Kier alpha value is -4.78. The third-order valence-electron chi connectivity index (χ3n) is 7.91. The second-order valence-corrected chi connectivity index (χ2v) is 11.0. The number of pyridine rings is 4. The summed E-state index contributed by atoms with van der Waals surface area (Å²) in [5, 5.41) is 5.60. The quantitative estimate of drug-likeness (QED) is 0.189. The Morgan fingerprint density at radius 3 is 1.36 bits per heavy atom. The highest BCUT2D eigenvalue weighted by Gasteiger charge is 2.19. The third kappa shape index (κ3) is 3.95. The van der Waals surface area contributed by atoms with Crippen LogP contribution in [-0.2, 0) is 13.1 Å². The fourth-order valence-electron chi connectivity index (χ4n) is 6.12. The van der Waals surface area contributed by atoms with Gasteiger partial charge in [-0.2, -0.15) is 0 Å². The average Bonchev–Trinajstić information content (AvgIpc) is 3.53. The zero-order valence-electron chi connectivity index (χ0n) is 22.2. The van der Waals surface area contributed by atoms with Gasteiger partial charge in [0.25, 0.3) is 0 Å². The first kappa shape index (κ1) is 25.0. The third-order valence-corrected chi connectivity index (χ3v) is 8.35. The van der Waals surface area contributed by atoms with E-state index < -0.39 is 0 Å². The van der Waals surface area contributed by atoms with Crippen LogP contribution in [0, 0.1) is 0 Å². The van der Waals surface area contributed by atoms with Gasteiger partial charge in [-0.05, 0) is 48.5 Å². The minimum Gasteiger partial charge on any atom is -0.337 e. The van der Waals surface area contributed by atoms with E-state index in [-0.39, 0.29) is 0 Å². The summed E-state index contributed by atoms with van der Waals surface area (Å²) in [6, 6.07) is 28.8. The maximum Gasteiger partial charge on any atom is 0.129 e. The van der Waals surface area contributed by atoms with Crippen molar-refractivity contribution in [3.05, 3.63) is 120 Å². The summed E-state index contributed by atoms with van der Waals surface area (Å²) in [6.45, 7) is 1.43. The molecule has 0 aliphatic heterocycles. The Morgan fingerprint density at radius 2 is 0.929 bits per heavy atom. The molecule has 42 heavy (non-hydrogen) atoms. The lowest BCUT2D eigenvalue weighted by Crippen LogP contribution is -2.08. The van der Waals surface area contributed by atoms with Crippen molar-refractivity contribution < 1.29 is 0 Å². The van der Waals surface area contributed by atoms with Gasteiger partial charge in [-0.1, -0.05) is 59.6 Å². The summed E-state index contributed by atoms with van der Waals surface area (Å²) in [4.78, 5) is 18.3. The number of rotatable bonds is 5. The molecule has 6 aromatic heterocycles. The molecule has 6 nitrogen and oxygen atoms in total. The van der Waals surface area contributed by atoms with Gasteiger partial charge in [0.15, 0.2) is 0 Å². The molecular formula is C34H22Cl2N6. The largest absolute Gasteiger partial charge is 0.337 e. The van der Waals surface area contributed by atoms with E-state index in [4.69, 9.17) is 33.2 Å².